The second kappa shape index (κ2) is 7.97. The fourth-order valence-electron chi connectivity index (χ4n) is 5.62. The highest BCUT2D eigenvalue weighted by molar-refractivity contribution is 6.30. The zero-order chi connectivity index (χ0) is 23.5. The Balaban J connectivity index is 1.64. The summed E-state index contributed by atoms with van der Waals surface area (Å²) in [5.74, 6) is -2.44. The first-order valence-corrected chi connectivity index (χ1v) is 11.4. The van der Waals surface area contributed by atoms with Crippen molar-refractivity contribution in [3.63, 3.8) is 0 Å². The summed E-state index contributed by atoms with van der Waals surface area (Å²) in [6.07, 6.45) is 6.68. The first-order valence-electron chi connectivity index (χ1n) is 11.1. The lowest BCUT2D eigenvalue weighted by atomic mass is 9.77. The molecule has 5 rings (SSSR count). The number of rotatable bonds is 3. The summed E-state index contributed by atoms with van der Waals surface area (Å²) < 4.78 is 6.49. The van der Waals surface area contributed by atoms with Crippen molar-refractivity contribution < 1.29 is 24.2 Å². The van der Waals surface area contributed by atoms with Gasteiger partial charge in [0, 0.05) is 30.8 Å². The molecule has 4 aliphatic heterocycles. The lowest BCUT2D eigenvalue weighted by Crippen LogP contribution is -2.57. The predicted octanol–water partition coefficient (Wildman–Crippen LogP) is 1.23. The highest BCUT2D eigenvalue weighted by Crippen LogP contribution is 2.54. The zero-order valence-electron chi connectivity index (χ0n) is 18.4. The van der Waals surface area contributed by atoms with Crippen LogP contribution in [-0.4, -0.2) is 83.2 Å². The fourth-order valence-corrected chi connectivity index (χ4v) is 5.74. The fraction of sp³-hybridized carbons (Fsp3) is 0.458. The quantitative estimate of drug-likeness (QED) is 0.670. The molecule has 33 heavy (non-hydrogen) atoms. The Hall–Kier alpha value is -2.68. The maximum absolute atomic E-state index is 14.0. The van der Waals surface area contributed by atoms with E-state index in [0.29, 0.717) is 17.3 Å². The number of likely N-dealkylation sites (N-methyl/N-ethyl adjacent to an activating group) is 1. The van der Waals surface area contributed by atoms with Crippen LogP contribution in [0.1, 0.15) is 6.92 Å². The van der Waals surface area contributed by atoms with Crippen LogP contribution >= 0.6 is 11.6 Å². The van der Waals surface area contributed by atoms with Crippen molar-refractivity contribution in [2.75, 3.05) is 31.6 Å². The van der Waals surface area contributed by atoms with E-state index < -0.39 is 35.6 Å². The summed E-state index contributed by atoms with van der Waals surface area (Å²) in [6, 6.07) is 5.28. The summed E-state index contributed by atoms with van der Waals surface area (Å²) in [5.41, 5.74) is -0.659. The third kappa shape index (κ3) is 3.15. The van der Waals surface area contributed by atoms with Crippen LogP contribution in [0.5, 0.6) is 0 Å². The number of hydrogen-bond acceptors (Lipinski definition) is 5. The number of aliphatic hydroxyl groups is 1. The molecule has 3 amide bonds. The van der Waals surface area contributed by atoms with Gasteiger partial charge in [-0.15, -0.1) is 0 Å². The van der Waals surface area contributed by atoms with Crippen LogP contribution in [-0.2, 0) is 19.1 Å². The first-order chi connectivity index (χ1) is 15.8. The Morgan fingerprint density at radius 2 is 1.85 bits per heavy atom. The van der Waals surface area contributed by atoms with E-state index in [1.165, 1.54) is 4.90 Å². The number of halogens is 1. The van der Waals surface area contributed by atoms with E-state index >= 15 is 0 Å². The normalized spacial score (nSPS) is 34.2. The number of fused-ring (bicyclic) bond motifs is 2. The Morgan fingerprint density at radius 3 is 2.55 bits per heavy atom. The molecular weight excluding hydrogens is 446 g/mol. The number of ether oxygens (including phenoxy) is 1. The minimum Gasteiger partial charge on any atom is -0.394 e. The molecule has 0 radical (unpaired) electrons. The number of likely N-dealkylation sites (tertiary alicyclic amines) is 1. The van der Waals surface area contributed by atoms with E-state index in [1.807, 2.05) is 18.2 Å². The number of nitrogens with zero attached hydrogens (tertiary/aromatic N) is 3. The number of amides is 3. The van der Waals surface area contributed by atoms with E-state index in [2.05, 4.69) is 0 Å². The van der Waals surface area contributed by atoms with Crippen molar-refractivity contribution in [1.82, 2.24) is 9.80 Å². The van der Waals surface area contributed by atoms with Gasteiger partial charge in [-0.3, -0.25) is 14.4 Å². The lowest BCUT2D eigenvalue weighted by molar-refractivity contribution is -0.146. The second-order valence-electron chi connectivity index (χ2n) is 9.09. The van der Waals surface area contributed by atoms with Crippen molar-refractivity contribution in [2.45, 2.75) is 30.7 Å². The number of benzene rings is 1. The van der Waals surface area contributed by atoms with Crippen LogP contribution in [0, 0.1) is 11.8 Å². The highest BCUT2D eigenvalue weighted by Gasteiger charge is 2.72. The highest BCUT2D eigenvalue weighted by atomic mass is 35.5. The van der Waals surface area contributed by atoms with Gasteiger partial charge < -0.3 is 24.5 Å². The number of hydrogen-bond donors (Lipinski definition) is 1. The van der Waals surface area contributed by atoms with Gasteiger partial charge in [0.2, 0.25) is 11.8 Å². The van der Waals surface area contributed by atoms with Gasteiger partial charge in [-0.1, -0.05) is 35.9 Å². The van der Waals surface area contributed by atoms with Gasteiger partial charge >= 0.3 is 0 Å². The van der Waals surface area contributed by atoms with Crippen molar-refractivity contribution >= 4 is 35.0 Å². The minimum absolute atomic E-state index is 0.183. The molecule has 4 aliphatic rings. The van der Waals surface area contributed by atoms with Crippen molar-refractivity contribution in [3.8, 4) is 0 Å². The average molecular weight is 472 g/mol. The minimum atomic E-state index is -1.30. The molecule has 0 bridgehead atoms. The molecule has 174 valence electrons. The molecule has 0 aliphatic carbocycles. The van der Waals surface area contributed by atoms with E-state index in [9.17, 15) is 19.5 Å². The maximum Gasteiger partial charge on any atom is 0.253 e. The summed E-state index contributed by atoms with van der Waals surface area (Å²) >= 11 is 6.03. The molecule has 1 unspecified atom stereocenters. The predicted molar refractivity (Wildman–Crippen MR) is 121 cm³/mol. The molecular formula is C24H26ClN3O5. The standard InChI is InChI=1S/C24H26ClN3O5/c1-14(13-29)28-20-23(32)27(16-8-6-15(25)7-9-16)12-4-10-24(20)19(22(28)31)18-17(33-24)5-3-11-26(2)21(18)30/h3-10,14,17-20,29H,11-13H2,1-2H3/t14-,17-,18+,19+,20?,24+/m1/s1. The van der Waals surface area contributed by atoms with Crippen LogP contribution in [0.2, 0.25) is 5.02 Å². The second-order valence-corrected chi connectivity index (χ2v) is 9.53. The largest absolute Gasteiger partial charge is 0.394 e. The van der Waals surface area contributed by atoms with Crippen molar-refractivity contribution in [2.24, 2.45) is 11.8 Å². The summed E-state index contributed by atoms with van der Waals surface area (Å²) in [6.45, 7) is 2.09. The van der Waals surface area contributed by atoms with Gasteiger partial charge in [-0.25, -0.2) is 0 Å². The Morgan fingerprint density at radius 1 is 1.12 bits per heavy atom. The number of aliphatic hydroxyl groups excluding tert-OH is 1. The molecule has 2 saturated heterocycles. The van der Waals surface area contributed by atoms with Crippen molar-refractivity contribution in [3.05, 3.63) is 53.6 Å². The zero-order valence-corrected chi connectivity index (χ0v) is 19.2. The van der Waals surface area contributed by atoms with Crippen LogP contribution in [0.4, 0.5) is 5.69 Å². The topological polar surface area (TPSA) is 90.4 Å². The molecule has 0 aromatic heterocycles. The molecule has 8 nitrogen and oxygen atoms in total. The smallest absolute Gasteiger partial charge is 0.253 e. The third-order valence-electron chi connectivity index (χ3n) is 7.18. The Labute approximate surface area is 197 Å². The molecule has 1 aromatic rings. The van der Waals surface area contributed by atoms with Crippen LogP contribution in [0.25, 0.3) is 0 Å². The number of carbonyl (C=O) groups is 3. The monoisotopic (exact) mass is 471 g/mol. The van der Waals surface area contributed by atoms with Gasteiger partial charge in [0.1, 0.15) is 11.6 Å². The SMILES string of the molecule is C[C@H](CO)N1C(=O)[C@@H]2[C@H]3C(=O)N(C)CC=C[C@H]3O[C@@]23C=CCN(c2ccc(Cl)cc2)C(=O)C13. The third-order valence-corrected chi connectivity index (χ3v) is 7.43. The van der Waals surface area contributed by atoms with Crippen LogP contribution in [0.15, 0.2) is 48.6 Å². The summed E-state index contributed by atoms with van der Waals surface area (Å²) in [5, 5.41) is 10.5. The molecule has 1 N–H and O–H groups in total. The Bertz CT molecular complexity index is 1060. The van der Waals surface area contributed by atoms with Gasteiger partial charge in [0.05, 0.1) is 30.6 Å². The average Bonchev–Trinajstić information content (AvgIpc) is 3.14. The molecule has 0 saturated carbocycles. The number of carbonyl (C=O) groups excluding carboxylic acids is 3. The van der Waals surface area contributed by atoms with E-state index in [1.54, 1.807) is 54.1 Å². The number of anilines is 1. The molecule has 4 heterocycles. The Kier molecular flexibility index (Phi) is 5.34. The van der Waals surface area contributed by atoms with E-state index in [4.69, 9.17) is 16.3 Å². The first kappa shape index (κ1) is 22.1. The van der Waals surface area contributed by atoms with Crippen molar-refractivity contribution in [1.29, 1.82) is 0 Å². The molecule has 2 fully saturated rings. The van der Waals surface area contributed by atoms with Gasteiger partial charge in [0.25, 0.3) is 5.91 Å². The van der Waals surface area contributed by atoms with E-state index in [0.717, 1.165) is 0 Å². The molecule has 9 heteroatoms. The molecule has 1 aromatic carbocycles. The van der Waals surface area contributed by atoms with E-state index in [-0.39, 0.29) is 30.9 Å². The van der Waals surface area contributed by atoms with Crippen LogP contribution in [0.3, 0.4) is 0 Å². The lowest BCUT2D eigenvalue weighted by Gasteiger charge is -2.37. The van der Waals surface area contributed by atoms with Gasteiger partial charge in [0.15, 0.2) is 0 Å². The molecule has 1 spiro atoms. The van der Waals surface area contributed by atoms with Gasteiger partial charge in [-0.2, -0.15) is 0 Å². The summed E-state index contributed by atoms with van der Waals surface area (Å²) in [7, 11) is 1.70. The van der Waals surface area contributed by atoms with Crippen LogP contribution < -0.4 is 4.90 Å². The van der Waals surface area contributed by atoms with Gasteiger partial charge in [-0.05, 0) is 31.2 Å². The maximum atomic E-state index is 14.0. The molecule has 6 atom stereocenters. The summed E-state index contributed by atoms with van der Waals surface area (Å²) in [4.78, 5) is 45.7.